The molecule has 6 heteroatoms. The zero-order valence-electron chi connectivity index (χ0n) is 15.7. The number of rotatable bonds is 5. The van der Waals surface area contributed by atoms with E-state index >= 15 is 0 Å². The summed E-state index contributed by atoms with van der Waals surface area (Å²) in [5.41, 5.74) is 2.20. The Bertz CT molecular complexity index is 1010. The van der Waals surface area contributed by atoms with Gasteiger partial charge in [0.1, 0.15) is 0 Å². The van der Waals surface area contributed by atoms with Crippen LogP contribution in [0.3, 0.4) is 0 Å². The van der Waals surface area contributed by atoms with Gasteiger partial charge in [-0.05, 0) is 61.4 Å². The van der Waals surface area contributed by atoms with Gasteiger partial charge in [-0.2, -0.15) is 0 Å². The van der Waals surface area contributed by atoms with Crippen LogP contribution in [0.25, 0.3) is 0 Å². The summed E-state index contributed by atoms with van der Waals surface area (Å²) in [5, 5.41) is 0. The summed E-state index contributed by atoms with van der Waals surface area (Å²) in [6.07, 6.45) is 3.93. The smallest absolute Gasteiger partial charge is 0.253 e. The van der Waals surface area contributed by atoms with Crippen molar-refractivity contribution in [1.29, 1.82) is 0 Å². The topological polar surface area (TPSA) is 66.5 Å². The molecule has 5 rings (SSSR count). The van der Waals surface area contributed by atoms with Crippen molar-refractivity contribution >= 4 is 15.9 Å². The number of piperidine rings is 1. The molecule has 0 aromatic heterocycles. The number of hydrogen-bond acceptors (Lipinski definition) is 3. The minimum atomic E-state index is -3.48. The number of amides is 1. The first-order valence-electron chi connectivity index (χ1n) is 9.95. The quantitative estimate of drug-likeness (QED) is 0.841. The molecule has 0 spiro atoms. The van der Waals surface area contributed by atoms with Gasteiger partial charge in [0.15, 0.2) is 0 Å². The fraction of sp³-hybridized carbons (Fsp3) is 0.409. The standard InChI is InChI=1S/C22H24N2O3S.H2/c25-21(16-6-10-20(11-7-16)28(26,27)23-19-8-9-19)24-13-12-22(14-18(22)15-24)17-4-2-1-3-5-17;/h1-7,10-11,18-19,23H,8-9,12-15H2;1H. The van der Waals surface area contributed by atoms with Gasteiger partial charge in [-0.3, -0.25) is 4.79 Å². The lowest BCUT2D eigenvalue weighted by Gasteiger charge is -2.32. The van der Waals surface area contributed by atoms with E-state index in [0.717, 1.165) is 38.8 Å². The third-order valence-corrected chi connectivity index (χ3v) is 7.98. The Balaban J connectivity index is 0.00000205. The average Bonchev–Trinajstić information content (AvgIpc) is 3.63. The normalized spacial score (nSPS) is 26.6. The number of fused-ring (bicyclic) bond motifs is 1. The molecule has 3 fully saturated rings. The molecule has 2 unspecified atom stereocenters. The van der Waals surface area contributed by atoms with Crippen molar-refractivity contribution in [2.45, 2.75) is 42.0 Å². The number of sulfonamides is 1. The Morgan fingerprint density at radius 2 is 1.79 bits per heavy atom. The molecule has 2 aromatic rings. The van der Waals surface area contributed by atoms with Gasteiger partial charge >= 0.3 is 0 Å². The van der Waals surface area contributed by atoms with Gasteiger partial charge in [-0.1, -0.05) is 30.3 Å². The summed E-state index contributed by atoms with van der Waals surface area (Å²) in [6, 6.07) is 17.0. The number of carbonyl (C=O) groups is 1. The van der Waals surface area contributed by atoms with Crippen LogP contribution in [0.2, 0.25) is 0 Å². The number of benzene rings is 2. The fourth-order valence-electron chi connectivity index (χ4n) is 4.52. The maximum atomic E-state index is 12.9. The van der Waals surface area contributed by atoms with Crippen LogP contribution in [0.1, 0.15) is 43.0 Å². The first-order chi connectivity index (χ1) is 13.5. The molecule has 1 aliphatic heterocycles. The zero-order chi connectivity index (χ0) is 19.4. The van der Waals surface area contributed by atoms with Crippen LogP contribution < -0.4 is 4.72 Å². The molecule has 1 saturated heterocycles. The van der Waals surface area contributed by atoms with Gasteiger partial charge in [0.05, 0.1) is 4.90 Å². The first-order valence-corrected chi connectivity index (χ1v) is 11.4. The predicted octanol–water partition coefficient (Wildman–Crippen LogP) is 3.18. The molecule has 1 N–H and O–H groups in total. The summed E-state index contributed by atoms with van der Waals surface area (Å²) in [7, 11) is -3.48. The Morgan fingerprint density at radius 3 is 2.43 bits per heavy atom. The van der Waals surface area contributed by atoms with Crippen molar-refractivity contribution in [3.05, 3.63) is 65.7 Å². The van der Waals surface area contributed by atoms with Gasteiger partial charge in [-0.15, -0.1) is 0 Å². The second kappa shape index (κ2) is 6.42. The van der Waals surface area contributed by atoms with E-state index in [4.69, 9.17) is 0 Å². The molecule has 2 aliphatic carbocycles. The van der Waals surface area contributed by atoms with Crippen molar-refractivity contribution in [3.63, 3.8) is 0 Å². The van der Waals surface area contributed by atoms with Crippen molar-refractivity contribution in [2.75, 3.05) is 13.1 Å². The minimum absolute atomic E-state index is 0. The summed E-state index contributed by atoms with van der Waals surface area (Å²) < 4.78 is 27.2. The van der Waals surface area contributed by atoms with E-state index in [-0.39, 0.29) is 23.7 Å². The van der Waals surface area contributed by atoms with Crippen LogP contribution in [-0.4, -0.2) is 38.4 Å². The number of hydrogen-bond donors (Lipinski definition) is 1. The monoisotopic (exact) mass is 398 g/mol. The van der Waals surface area contributed by atoms with E-state index < -0.39 is 10.0 Å². The second-order valence-corrected chi connectivity index (χ2v) is 10.1. The van der Waals surface area contributed by atoms with Gasteiger partial charge < -0.3 is 4.90 Å². The van der Waals surface area contributed by atoms with Crippen LogP contribution in [0, 0.1) is 5.92 Å². The Morgan fingerprint density at radius 1 is 1.07 bits per heavy atom. The highest BCUT2D eigenvalue weighted by Crippen LogP contribution is 2.59. The molecule has 3 aliphatic rings. The van der Waals surface area contributed by atoms with Crippen LogP contribution in [-0.2, 0) is 15.4 Å². The highest BCUT2D eigenvalue weighted by molar-refractivity contribution is 7.89. The first kappa shape index (κ1) is 17.9. The average molecular weight is 399 g/mol. The highest BCUT2D eigenvalue weighted by atomic mass is 32.2. The van der Waals surface area contributed by atoms with Crippen molar-refractivity contribution in [2.24, 2.45) is 5.92 Å². The van der Waals surface area contributed by atoms with Crippen LogP contribution in [0.15, 0.2) is 59.5 Å². The molecule has 1 heterocycles. The lowest BCUT2D eigenvalue weighted by molar-refractivity contribution is 0.0707. The van der Waals surface area contributed by atoms with E-state index in [1.54, 1.807) is 12.1 Å². The summed E-state index contributed by atoms with van der Waals surface area (Å²) in [4.78, 5) is 15.1. The largest absolute Gasteiger partial charge is 0.338 e. The van der Waals surface area contributed by atoms with E-state index in [1.165, 1.54) is 17.7 Å². The SMILES string of the molecule is O=C(c1ccc(S(=O)(=O)NC2CC2)cc1)N1CCC2(c3ccccc3)CC2C1.[HH]. The lowest BCUT2D eigenvalue weighted by atomic mass is 9.87. The molecule has 0 bridgehead atoms. The molecule has 2 aromatic carbocycles. The number of nitrogens with zero attached hydrogens (tertiary/aromatic N) is 1. The van der Waals surface area contributed by atoms with Gasteiger partial charge in [0.25, 0.3) is 5.91 Å². The van der Waals surface area contributed by atoms with E-state index in [9.17, 15) is 13.2 Å². The molecular formula is C22H26N2O3S. The number of likely N-dealkylation sites (tertiary alicyclic amines) is 1. The van der Waals surface area contributed by atoms with E-state index in [2.05, 4.69) is 29.0 Å². The van der Waals surface area contributed by atoms with Gasteiger partial charge in [0.2, 0.25) is 10.0 Å². The Kier molecular flexibility index (Phi) is 4.10. The summed E-state index contributed by atoms with van der Waals surface area (Å²) in [6.45, 7) is 1.52. The third-order valence-electron chi connectivity index (χ3n) is 6.45. The Labute approximate surface area is 167 Å². The molecule has 148 valence electrons. The fourth-order valence-corrected chi connectivity index (χ4v) is 5.82. The molecule has 2 atom stereocenters. The van der Waals surface area contributed by atoms with Crippen LogP contribution >= 0.6 is 0 Å². The van der Waals surface area contributed by atoms with Gasteiger partial charge in [-0.25, -0.2) is 13.1 Å². The van der Waals surface area contributed by atoms with Crippen molar-refractivity contribution in [1.82, 2.24) is 9.62 Å². The Hall–Kier alpha value is -2.18. The van der Waals surface area contributed by atoms with Crippen LogP contribution in [0.4, 0.5) is 0 Å². The summed E-state index contributed by atoms with van der Waals surface area (Å²) >= 11 is 0. The van der Waals surface area contributed by atoms with E-state index in [1.807, 2.05) is 11.0 Å². The van der Waals surface area contributed by atoms with Crippen LogP contribution in [0.5, 0.6) is 0 Å². The molecule has 1 amide bonds. The molecule has 5 nitrogen and oxygen atoms in total. The lowest BCUT2D eigenvalue weighted by Crippen LogP contribution is -2.40. The van der Waals surface area contributed by atoms with Crippen molar-refractivity contribution in [3.8, 4) is 0 Å². The molecule has 2 saturated carbocycles. The predicted molar refractivity (Wildman–Crippen MR) is 109 cm³/mol. The maximum Gasteiger partial charge on any atom is 0.253 e. The second-order valence-electron chi connectivity index (χ2n) is 8.34. The number of nitrogens with one attached hydrogen (secondary N) is 1. The third kappa shape index (κ3) is 3.14. The molecule has 0 radical (unpaired) electrons. The highest BCUT2D eigenvalue weighted by Gasteiger charge is 2.57. The molecular weight excluding hydrogens is 372 g/mol. The zero-order valence-corrected chi connectivity index (χ0v) is 16.5. The summed E-state index contributed by atoms with van der Waals surface area (Å²) in [5.74, 6) is 0.516. The van der Waals surface area contributed by atoms with Crippen molar-refractivity contribution < 1.29 is 14.6 Å². The minimum Gasteiger partial charge on any atom is -0.338 e. The number of carbonyl (C=O) groups excluding carboxylic acids is 1. The van der Waals surface area contributed by atoms with E-state index in [0.29, 0.717) is 11.5 Å². The molecule has 28 heavy (non-hydrogen) atoms. The maximum absolute atomic E-state index is 12.9. The van der Waals surface area contributed by atoms with Gasteiger partial charge in [0, 0.05) is 31.5 Å².